The fraction of sp³-hybridized carbons (Fsp3) is 0.692. The number of ketones is 2. The van der Waals surface area contributed by atoms with Crippen molar-refractivity contribution in [1.29, 1.82) is 0 Å². The second-order valence-corrected chi connectivity index (χ2v) is 11.0. The number of hydrogen-bond donors (Lipinski definition) is 2. The van der Waals surface area contributed by atoms with Crippen LogP contribution in [0.5, 0.6) is 0 Å². The summed E-state index contributed by atoms with van der Waals surface area (Å²) < 4.78 is 5.75. The van der Waals surface area contributed by atoms with Gasteiger partial charge in [0.2, 0.25) is 5.78 Å². The summed E-state index contributed by atoms with van der Waals surface area (Å²) in [6.07, 6.45) is 5.09. The third-order valence-corrected chi connectivity index (χ3v) is 9.35. The number of carboxylic acid groups (broad SMARTS) is 1. The zero-order chi connectivity index (χ0) is 25.1. The maximum absolute atomic E-state index is 13.1. The monoisotopic (exact) mass is 473 g/mol. The smallest absolute Gasteiger partial charge is 0.307 e. The van der Waals surface area contributed by atoms with E-state index in [0.717, 1.165) is 12.0 Å². The van der Waals surface area contributed by atoms with Crippen LogP contribution in [-0.4, -0.2) is 52.0 Å². The fourth-order valence-electron chi connectivity index (χ4n) is 8.00. The van der Waals surface area contributed by atoms with Crippen LogP contribution in [0.4, 0.5) is 0 Å². The lowest BCUT2D eigenvalue weighted by Gasteiger charge is -2.61. The molecule has 0 radical (unpaired) electrons. The molecule has 3 fully saturated rings. The number of carbonyl (C=O) groups excluding carboxylic acids is 4. The summed E-state index contributed by atoms with van der Waals surface area (Å²) in [5, 5.41) is 32.1. The van der Waals surface area contributed by atoms with Crippen molar-refractivity contribution < 1.29 is 39.2 Å². The number of carbonyl (C=O) groups is 4. The Labute approximate surface area is 199 Å². The predicted molar refractivity (Wildman–Crippen MR) is 118 cm³/mol. The topological polar surface area (TPSA) is 141 Å². The van der Waals surface area contributed by atoms with E-state index in [2.05, 4.69) is 13.8 Å². The van der Waals surface area contributed by atoms with E-state index >= 15 is 0 Å². The quantitative estimate of drug-likeness (QED) is 0.542. The minimum absolute atomic E-state index is 0.0130. The number of carboxylic acids is 1. The van der Waals surface area contributed by atoms with E-state index in [4.69, 9.17) is 4.74 Å². The fourth-order valence-corrected chi connectivity index (χ4v) is 8.00. The van der Waals surface area contributed by atoms with E-state index < -0.39 is 59.7 Å². The summed E-state index contributed by atoms with van der Waals surface area (Å²) in [4.78, 5) is 48.6. The highest BCUT2D eigenvalue weighted by atomic mass is 16.6. The maximum atomic E-state index is 13.1. The van der Waals surface area contributed by atoms with E-state index in [0.29, 0.717) is 6.42 Å². The molecule has 3 saturated carbocycles. The zero-order valence-corrected chi connectivity index (χ0v) is 19.9. The van der Waals surface area contributed by atoms with Crippen molar-refractivity contribution >= 4 is 23.5 Å². The van der Waals surface area contributed by atoms with Gasteiger partial charge >= 0.3 is 5.97 Å². The van der Waals surface area contributed by atoms with Gasteiger partial charge in [-0.05, 0) is 62.0 Å². The number of Topliss-reactive ketones (excluding diaryl/α,β-unsaturated/α-hetero) is 1. The average molecular weight is 474 g/mol. The summed E-state index contributed by atoms with van der Waals surface area (Å²) >= 11 is 0. The number of hydrogen-bond acceptors (Lipinski definition) is 8. The van der Waals surface area contributed by atoms with Crippen LogP contribution in [0.1, 0.15) is 59.3 Å². The number of esters is 1. The summed E-state index contributed by atoms with van der Waals surface area (Å²) in [6, 6.07) is 0. The highest BCUT2D eigenvalue weighted by molar-refractivity contribution is 6.01. The third kappa shape index (κ3) is 3.49. The van der Waals surface area contributed by atoms with Crippen LogP contribution in [0.3, 0.4) is 0 Å². The van der Waals surface area contributed by atoms with Gasteiger partial charge in [-0.25, -0.2) is 0 Å². The first-order valence-corrected chi connectivity index (χ1v) is 12.1. The van der Waals surface area contributed by atoms with Crippen LogP contribution >= 0.6 is 0 Å². The number of aliphatic hydroxyl groups excluding tert-OH is 2. The molecular formula is C26H33O8-. The number of ether oxygens (including phenoxy) is 1. The molecule has 0 aromatic rings. The molecule has 34 heavy (non-hydrogen) atoms. The lowest BCUT2D eigenvalue weighted by atomic mass is 9.44. The molecule has 0 amide bonds. The molecule has 8 heteroatoms. The number of aliphatic hydroxyl groups is 2. The van der Waals surface area contributed by atoms with Crippen molar-refractivity contribution in [3.8, 4) is 0 Å². The van der Waals surface area contributed by atoms with Gasteiger partial charge < -0.3 is 24.9 Å². The second kappa shape index (κ2) is 8.41. The molecule has 0 bridgehead atoms. The van der Waals surface area contributed by atoms with Crippen molar-refractivity contribution in [2.24, 2.45) is 34.5 Å². The highest BCUT2D eigenvalue weighted by Gasteiger charge is 2.70. The Hall–Kier alpha value is -2.32. The lowest BCUT2D eigenvalue weighted by molar-refractivity contribution is -0.305. The first-order valence-electron chi connectivity index (χ1n) is 12.1. The molecule has 0 spiro atoms. The summed E-state index contributed by atoms with van der Waals surface area (Å²) in [7, 11) is 0. The molecule has 0 unspecified atom stereocenters. The van der Waals surface area contributed by atoms with Crippen molar-refractivity contribution in [1.82, 2.24) is 0 Å². The van der Waals surface area contributed by atoms with Crippen LogP contribution in [0.15, 0.2) is 23.8 Å². The number of rotatable bonds is 6. The first-order chi connectivity index (χ1) is 15.9. The first kappa shape index (κ1) is 24.8. The molecule has 8 nitrogen and oxygen atoms in total. The summed E-state index contributed by atoms with van der Waals surface area (Å²) in [6.45, 7) is 5.17. The van der Waals surface area contributed by atoms with Crippen molar-refractivity contribution in [2.45, 2.75) is 71.0 Å². The molecule has 8 atom stereocenters. The number of allylic oxidation sites excluding steroid dienone is 4. The van der Waals surface area contributed by atoms with Crippen molar-refractivity contribution in [2.75, 3.05) is 6.61 Å². The molecule has 4 aliphatic carbocycles. The summed E-state index contributed by atoms with van der Waals surface area (Å²) in [5.41, 5.74) is -2.02. The lowest BCUT2D eigenvalue weighted by Crippen LogP contribution is -2.63. The number of aliphatic carboxylic acids is 1. The second-order valence-electron chi connectivity index (χ2n) is 11.0. The van der Waals surface area contributed by atoms with Gasteiger partial charge in [0, 0.05) is 22.7 Å². The Balaban J connectivity index is 1.72. The average Bonchev–Trinajstić information content (AvgIpc) is 3.05. The van der Waals surface area contributed by atoms with Gasteiger partial charge in [-0.3, -0.25) is 14.4 Å². The van der Waals surface area contributed by atoms with Gasteiger partial charge in [-0.1, -0.05) is 32.4 Å². The number of fused-ring (bicyclic) bond motifs is 5. The van der Waals surface area contributed by atoms with E-state index in [1.807, 2.05) is 13.0 Å². The SMILES string of the molecule is C[C@H]1C[C@@H]2[C@H]([C@@H](O)C[C@@]3(C)[C@H]2CC[C@]3(OC(=O)CCC(=O)[O-])C(=O)CO)[C@@]2(C)C=CC(=O)C=C12. The molecule has 186 valence electrons. The normalized spacial score (nSPS) is 42.8. The van der Waals surface area contributed by atoms with Crippen LogP contribution < -0.4 is 5.11 Å². The van der Waals surface area contributed by atoms with E-state index in [1.54, 1.807) is 12.2 Å². The molecule has 0 aliphatic heterocycles. The molecule has 2 N–H and O–H groups in total. The molecule has 4 aliphatic rings. The Morgan fingerprint density at radius 1 is 1.24 bits per heavy atom. The van der Waals surface area contributed by atoms with Crippen LogP contribution in [0.2, 0.25) is 0 Å². The van der Waals surface area contributed by atoms with Gasteiger partial charge in [0.25, 0.3) is 0 Å². The Kier molecular flexibility index (Phi) is 6.13. The standard InChI is InChI=1S/C26H34O8/c1-14-10-16-17-7-9-26(20(30)13-27,34-22(33)5-4-21(31)32)25(17,3)12-19(29)23(16)24(2)8-6-15(28)11-18(14)24/h6,8,11,14,16-17,19,23,27,29H,4-5,7,9-10,12-13H2,1-3H3,(H,31,32)/p-1/t14-,16-,17-,19-,23+,24-,25-,26-/m0/s1. The van der Waals surface area contributed by atoms with Gasteiger partial charge in [0.05, 0.1) is 12.5 Å². The Morgan fingerprint density at radius 3 is 2.59 bits per heavy atom. The summed E-state index contributed by atoms with van der Waals surface area (Å²) in [5.74, 6) is -2.99. The third-order valence-electron chi connectivity index (χ3n) is 9.35. The van der Waals surface area contributed by atoms with Crippen molar-refractivity contribution in [3.05, 3.63) is 23.8 Å². The molecule has 0 aromatic carbocycles. The van der Waals surface area contributed by atoms with Gasteiger partial charge in [-0.15, -0.1) is 0 Å². The molecule has 4 rings (SSSR count). The molecular weight excluding hydrogens is 440 g/mol. The molecule has 0 saturated heterocycles. The minimum atomic E-state index is -1.62. The van der Waals surface area contributed by atoms with Crippen LogP contribution in [-0.2, 0) is 23.9 Å². The van der Waals surface area contributed by atoms with Gasteiger partial charge in [0.1, 0.15) is 6.61 Å². The Bertz CT molecular complexity index is 981. The largest absolute Gasteiger partial charge is 0.550 e. The van der Waals surface area contributed by atoms with E-state index in [-0.39, 0.29) is 42.3 Å². The maximum Gasteiger partial charge on any atom is 0.307 e. The van der Waals surface area contributed by atoms with Crippen molar-refractivity contribution in [3.63, 3.8) is 0 Å². The predicted octanol–water partition coefficient (Wildman–Crippen LogP) is 0.885. The minimum Gasteiger partial charge on any atom is -0.550 e. The Morgan fingerprint density at radius 2 is 1.94 bits per heavy atom. The highest BCUT2D eigenvalue weighted by Crippen LogP contribution is 2.68. The zero-order valence-electron chi connectivity index (χ0n) is 19.9. The molecule has 0 aromatic heterocycles. The van der Waals surface area contributed by atoms with E-state index in [9.17, 15) is 34.5 Å². The van der Waals surface area contributed by atoms with Crippen LogP contribution in [0.25, 0.3) is 0 Å². The van der Waals surface area contributed by atoms with E-state index in [1.165, 1.54) is 0 Å². The van der Waals surface area contributed by atoms with Gasteiger partial charge in [0.15, 0.2) is 11.4 Å². The van der Waals surface area contributed by atoms with Crippen LogP contribution in [0, 0.1) is 34.5 Å². The molecule has 0 heterocycles. The van der Waals surface area contributed by atoms with Gasteiger partial charge in [-0.2, -0.15) is 0 Å².